The van der Waals surface area contributed by atoms with Crippen LogP contribution in [0.2, 0.25) is 0 Å². The number of thiazole rings is 1. The van der Waals surface area contributed by atoms with Gasteiger partial charge in [0.1, 0.15) is 0 Å². The van der Waals surface area contributed by atoms with Crippen LogP contribution in [0.1, 0.15) is 43.8 Å². The summed E-state index contributed by atoms with van der Waals surface area (Å²) in [6.45, 7) is 6.65. The van der Waals surface area contributed by atoms with Gasteiger partial charge in [-0.05, 0) is 26.3 Å². The average molecular weight is 240 g/mol. The monoisotopic (exact) mass is 240 g/mol. The van der Waals surface area contributed by atoms with Crippen molar-refractivity contribution in [3.05, 3.63) is 16.1 Å². The molecule has 0 fully saturated rings. The van der Waals surface area contributed by atoms with Crippen LogP contribution >= 0.6 is 11.3 Å². The molecule has 0 saturated heterocycles. The van der Waals surface area contributed by atoms with Crippen molar-refractivity contribution >= 4 is 11.3 Å². The topological polar surface area (TPSA) is 24.9 Å². The van der Waals surface area contributed by atoms with E-state index in [2.05, 4.69) is 43.5 Å². The zero-order valence-corrected chi connectivity index (χ0v) is 11.7. The summed E-state index contributed by atoms with van der Waals surface area (Å²) in [7, 11) is 2.05. The Labute approximate surface area is 103 Å². The fourth-order valence-corrected chi connectivity index (χ4v) is 2.50. The summed E-state index contributed by atoms with van der Waals surface area (Å²) >= 11 is 1.75. The molecule has 1 aromatic heterocycles. The van der Waals surface area contributed by atoms with Gasteiger partial charge in [0.15, 0.2) is 0 Å². The van der Waals surface area contributed by atoms with Gasteiger partial charge in [0.25, 0.3) is 0 Å². The Morgan fingerprint density at radius 3 is 2.62 bits per heavy atom. The van der Waals surface area contributed by atoms with Crippen molar-refractivity contribution in [1.29, 1.82) is 0 Å². The predicted molar refractivity (Wildman–Crippen MR) is 72.1 cm³/mol. The van der Waals surface area contributed by atoms with Crippen molar-refractivity contribution in [3.8, 4) is 0 Å². The second kappa shape index (κ2) is 7.02. The second-order valence-electron chi connectivity index (χ2n) is 4.87. The molecule has 16 heavy (non-hydrogen) atoms. The second-order valence-corrected chi connectivity index (χ2v) is 5.93. The first kappa shape index (κ1) is 13.7. The molecule has 3 heteroatoms. The number of likely N-dealkylation sites (N-methyl/N-ethyl adjacent to an activating group) is 1. The third kappa shape index (κ3) is 5.08. The zero-order valence-electron chi connectivity index (χ0n) is 10.9. The number of nitrogens with zero attached hydrogens (tertiary/aromatic N) is 1. The minimum Gasteiger partial charge on any atom is -0.317 e. The molecule has 1 atom stereocenters. The fraction of sp³-hybridized carbons (Fsp3) is 0.769. The van der Waals surface area contributed by atoms with E-state index in [-0.39, 0.29) is 0 Å². The van der Waals surface area contributed by atoms with E-state index in [9.17, 15) is 0 Å². The molecule has 0 spiro atoms. The smallest absolute Gasteiger partial charge is 0.0897 e. The predicted octanol–water partition coefficient (Wildman–Crippen LogP) is 3.41. The van der Waals surface area contributed by atoms with Crippen molar-refractivity contribution in [2.75, 3.05) is 7.05 Å². The van der Waals surface area contributed by atoms with Gasteiger partial charge in [-0.15, -0.1) is 11.3 Å². The van der Waals surface area contributed by atoms with Crippen LogP contribution in [0.25, 0.3) is 0 Å². The lowest BCUT2D eigenvalue weighted by Crippen LogP contribution is -2.27. The molecule has 1 heterocycles. The Morgan fingerprint density at radius 2 is 2.12 bits per heavy atom. The van der Waals surface area contributed by atoms with Gasteiger partial charge in [0, 0.05) is 17.8 Å². The largest absolute Gasteiger partial charge is 0.317 e. The summed E-state index contributed by atoms with van der Waals surface area (Å²) in [4.78, 5) is 4.52. The van der Waals surface area contributed by atoms with Gasteiger partial charge in [0.05, 0.1) is 10.7 Å². The van der Waals surface area contributed by atoms with Crippen LogP contribution < -0.4 is 5.32 Å². The van der Waals surface area contributed by atoms with Crippen molar-refractivity contribution in [2.45, 2.75) is 52.5 Å². The summed E-state index contributed by atoms with van der Waals surface area (Å²) in [6, 6.07) is 0.584. The third-order valence-corrected chi connectivity index (χ3v) is 3.69. The number of aryl methyl sites for hydroxylation is 1. The third-order valence-electron chi connectivity index (χ3n) is 2.86. The number of nitrogens with one attached hydrogen (secondary N) is 1. The van der Waals surface area contributed by atoms with Gasteiger partial charge in [-0.2, -0.15) is 0 Å². The fourth-order valence-electron chi connectivity index (χ4n) is 1.88. The molecule has 0 aromatic carbocycles. The van der Waals surface area contributed by atoms with E-state index < -0.39 is 0 Å². The van der Waals surface area contributed by atoms with Gasteiger partial charge < -0.3 is 5.32 Å². The van der Waals surface area contributed by atoms with Crippen LogP contribution in [0.15, 0.2) is 5.38 Å². The molecule has 0 saturated carbocycles. The van der Waals surface area contributed by atoms with E-state index in [1.807, 2.05) is 0 Å². The SMILES string of the molecule is CNC(CCCC(C)C)Cc1csc(C)n1. The van der Waals surface area contributed by atoms with E-state index in [1.54, 1.807) is 11.3 Å². The molecule has 0 radical (unpaired) electrons. The normalized spacial score (nSPS) is 13.3. The van der Waals surface area contributed by atoms with Gasteiger partial charge >= 0.3 is 0 Å². The maximum Gasteiger partial charge on any atom is 0.0897 e. The van der Waals surface area contributed by atoms with Crippen molar-refractivity contribution < 1.29 is 0 Å². The highest BCUT2D eigenvalue weighted by Gasteiger charge is 2.09. The van der Waals surface area contributed by atoms with Crippen molar-refractivity contribution in [2.24, 2.45) is 5.92 Å². The summed E-state index contributed by atoms with van der Waals surface area (Å²) in [5.41, 5.74) is 1.24. The highest BCUT2D eigenvalue weighted by molar-refractivity contribution is 7.09. The van der Waals surface area contributed by atoms with E-state index in [0.29, 0.717) is 6.04 Å². The number of rotatable bonds is 7. The first-order valence-corrected chi connectivity index (χ1v) is 7.08. The molecule has 1 rings (SSSR count). The lowest BCUT2D eigenvalue weighted by Gasteiger charge is -2.15. The summed E-state index contributed by atoms with van der Waals surface area (Å²) in [5.74, 6) is 0.819. The van der Waals surface area contributed by atoms with E-state index in [0.717, 1.165) is 12.3 Å². The number of hydrogen-bond acceptors (Lipinski definition) is 3. The van der Waals surface area contributed by atoms with Crippen LogP contribution in [0.5, 0.6) is 0 Å². The Balaban J connectivity index is 2.31. The van der Waals surface area contributed by atoms with E-state index in [4.69, 9.17) is 0 Å². The summed E-state index contributed by atoms with van der Waals surface area (Å²) in [5, 5.41) is 6.75. The molecule has 2 nitrogen and oxygen atoms in total. The maximum absolute atomic E-state index is 4.52. The van der Waals surface area contributed by atoms with Crippen LogP contribution in [-0.2, 0) is 6.42 Å². The number of aromatic nitrogens is 1. The van der Waals surface area contributed by atoms with Gasteiger partial charge in [0.2, 0.25) is 0 Å². The maximum atomic E-state index is 4.52. The van der Waals surface area contributed by atoms with Crippen LogP contribution in [0, 0.1) is 12.8 Å². The van der Waals surface area contributed by atoms with Crippen molar-refractivity contribution in [3.63, 3.8) is 0 Å². The molecule has 1 N–H and O–H groups in total. The van der Waals surface area contributed by atoms with Gasteiger partial charge in [-0.25, -0.2) is 4.98 Å². The first-order chi connectivity index (χ1) is 7.61. The molecule has 1 unspecified atom stereocenters. The average Bonchev–Trinajstić information content (AvgIpc) is 2.62. The standard InChI is InChI=1S/C13H24N2S/c1-10(2)6-5-7-12(14-4)8-13-9-16-11(3)15-13/h9-10,12,14H,5-8H2,1-4H3. The summed E-state index contributed by atoms with van der Waals surface area (Å²) < 4.78 is 0. The van der Waals surface area contributed by atoms with Gasteiger partial charge in [-0.3, -0.25) is 0 Å². The Bertz CT molecular complexity index is 294. The Hall–Kier alpha value is -0.410. The molecule has 0 aliphatic rings. The van der Waals surface area contributed by atoms with E-state index in [1.165, 1.54) is 30.0 Å². The highest BCUT2D eigenvalue weighted by atomic mass is 32.1. The molecule has 0 aliphatic carbocycles. The highest BCUT2D eigenvalue weighted by Crippen LogP contribution is 2.14. The van der Waals surface area contributed by atoms with Crippen molar-refractivity contribution in [1.82, 2.24) is 10.3 Å². The lowest BCUT2D eigenvalue weighted by molar-refractivity contribution is 0.455. The quantitative estimate of drug-likeness (QED) is 0.790. The Morgan fingerprint density at radius 1 is 1.38 bits per heavy atom. The minimum atomic E-state index is 0.584. The molecular weight excluding hydrogens is 216 g/mol. The molecule has 0 bridgehead atoms. The van der Waals surface area contributed by atoms with Gasteiger partial charge in [-0.1, -0.05) is 26.7 Å². The minimum absolute atomic E-state index is 0.584. The summed E-state index contributed by atoms with van der Waals surface area (Å²) in [6.07, 6.45) is 4.96. The number of hydrogen-bond donors (Lipinski definition) is 1. The molecule has 0 amide bonds. The molecule has 1 aromatic rings. The molecule has 92 valence electrons. The Kier molecular flexibility index (Phi) is 5.99. The van der Waals surface area contributed by atoms with Crippen LogP contribution in [0.3, 0.4) is 0 Å². The van der Waals surface area contributed by atoms with Crippen LogP contribution in [-0.4, -0.2) is 18.1 Å². The van der Waals surface area contributed by atoms with E-state index >= 15 is 0 Å². The molecule has 0 aliphatic heterocycles. The first-order valence-electron chi connectivity index (χ1n) is 6.20. The lowest BCUT2D eigenvalue weighted by atomic mass is 10.0. The molecular formula is C13H24N2S. The zero-order chi connectivity index (χ0) is 12.0. The van der Waals surface area contributed by atoms with Crippen LogP contribution in [0.4, 0.5) is 0 Å².